The Kier molecular flexibility index (Phi) is 4.66. The topological polar surface area (TPSA) is 117 Å². The molecule has 0 aliphatic rings. The molecule has 0 fully saturated rings. The van der Waals surface area contributed by atoms with Gasteiger partial charge in [0.2, 0.25) is 5.95 Å². The Hall–Kier alpha value is -4.04. The number of pyridine rings is 1. The molecule has 0 radical (unpaired) electrons. The van der Waals surface area contributed by atoms with Crippen LogP contribution in [0.15, 0.2) is 67.1 Å². The Labute approximate surface area is 172 Å². The van der Waals surface area contributed by atoms with E-state index in [-0.39, 0.29) is 0 Å². The summed E-state index contributed by atoms with van der Waals surface area (Å²) >= 11 is 0. The number of nitrogens with one attached hydrogen (secondary N) is 3. The standard InChI is InChI=1S/C22H20N8/c23-9-11-25-20-19-21(27-13-26-19)30-22(29-20)28-15-6-7-18-17(12-15)16(8-10-24-18)14-4-2-1-3-5-14/h1-8,10,12-13H,9,11,23H2,(H3,25,26,27,28,29,30). The van der Waals surface area contributed by atoms with Crippen LogP contribution >= 0.6 is 0 Å². The number of nitrogens with zero attached hydrogens (tertiary/aromatic N) is 4. The summed E-state index contributed by atoms with van der Waals surface area (Å²) < 4.78 is 0. The molecule has 0 saturated carbocycles. The SMILES string of the molecule is NCCNc1nc(Nc2ccc3nccc(-c4ccccc4)c3c2)nc2[nH]cnc12. The number of anilines is 3. The molecule has 0 bridgehead atoms. The molecule has 3 heterocycles. The van der Waals surface area contributed by atoms with Crippen LogP contribution in [0.5, 0.6) is 0 Å². The van der Waals surface area contributed by atoms with Crippen LogP contribution in [0.25, 0.3) is 33.2 Å². The van der Waals surface area contributed by atoms with E-state index in [2.05, 4.69) is 53.8 Å². The summed E-state index contributed by atoms with van der Waals surface area (Å²) in [5, 5.41) is 7.56. The number of hydrogen-bond acceptors (Lipinski definition) is 7. The highest BCUT2D eigenvalue weighted by atomic mass is 15.2. The first kappa shape index (κ1) is 18.0. The van der Waals surface area contributed by atoms with Gasteiger partial charge in [-0.2, -0.15) is 9.97 Å². The number of rotatable bonds is 6. The van der Waals surface area contributed by atoms with E-state index in [9.17, 15) is 0 Å². The van der Waals surface area contributed by atoms with Crippen molar-refractivity contribution in [3.05, 3.63) is 67.1 Å². The minimum absolute atomic E-state index is 0.468. The molecule has 0 aliphatic heterocycles. The lowest BCUT2D eigenvalue weighted by atomic mass is 10.0. The number of benzene rings is 2. The van der Waals surface area contributed by atoms with Crippen molar-refractivity contribution < 1.29 is 0 Å². The fourth-order valence-electron chi connectivity index (χ4n) is 3.43. The van der Waals surface area contributed by atoms with E-state index >= 15 is 0 Å². The van der Waals surface area contributed by atoms with Crippen LogP contribution in [0.3, 0.4) is 0 Å². The van der Waals surface area contributed by atoms with Crippen molar-refractivity contribution in [3.63, 3.8) is 0 Å². The summed E-state index contributed by atoms with van der Waals surface area (Å²) in [7, 11) is 0. The number of fused-ring (bicyclic) bond motifs is 2. The molecule has 2 aromatic carbocycles. The molecule has 5 rings (SSSR count). The van der Waals surface area contributed by atoms with Gasteiger partial charge in [-0.05, 0) is 35.4 Å². The van der Waals surface area contributed by atoms with Crippen molar-refractivity contribution in [1.82, 2.24) is 24.9 Å². The highest BCUT2D eigenvalue weighted by Crippen LogP contribution is 2.30. The Bertz CT molecular complexity index is 1310. The fraction of sp³-hybridized carbons (Fsp3) is 0.0909. The summed E-state index contributed by atoms with van der Waals surface area (Å²) in [4.78, 5) is 20.9. The van der Waals surface area contributed by atoms with Crippen LogP contribution in [0.4, 0.5) is 17.5 Å². The maximum absolute atomic E-state index is 5.62. The zero-order chi connectivity index (χ0) is 20.3. The third-order valence-electron chi connectivity index (χ3n) is 4.80. The lowest BCUT2D eigenvalue weighted by Gasteiger charge is -2.11. The molecule has 0 amide bonds. The molecule has 0 aliphatic carbocycles. The number of H-pyrrole nitrogens is 1. The molecule has 0 saturated heterocycles. The summed E-state index contributed by atoms with van der Waals surface area (Å²) in [5.41, 5.74) is 11.0. The van der Waals surface area contributed by atoms with E-state index in [1.165, 1.54) is 0 Å². The Balaban J connectivity index is 1.54. The first-order valence-electron chi connectivity index (χ1n) is 9.68. The van der Waals surface area contributed by atoms with Gasteiger partial charge in [-0.3, -0.25) is 4.98 Å². The molecule has 148 valence electrons. The summed E-state index contributed by atoms with van der Waals surface area (Å²) in [5.74, 6) is 1.11. The summed E-state index contributed by atoms with van der Waals surface area (Å²) in [6, 6.07) is 18.3. The Morgan fingerprint density at radius 3 is 2.73 bits per heavy atom. The zero-order valence-electron chi connectivity index (χ0n) is 16.1. The van der Waals surface area contributed by atoms with Crippen molar-refractivity contribution in [2.45, 2.75) is 0 Å². The van der Waals surface area contributed by atoms with Gasteiger partial charge in [0.05, 0.1) is 11.8 Å². The van der Waals surface area contributed by atoms with E-state index in [1.54, 1.807) is 6.33 Å². The number of hydrogen-bond donors (Lipinski definition) is 4. The van der Waals surface area contributed by atoms with Crippen LogP contribution in [-0.4, -0.2) is 38.0 Å². The van der Waals surface area contributed by atoms with E-state index in [0.29, 0.717) is 36.0 Å². The summed E-state index contributed by atoms with van der Waals surface area (Å²) in [6.07, 6.45) is 3.44. The van der Waals surface area contributed by atoms with Gasteiger partial charge >= 0.3 is 0 Å². The smallest absolute Gasteiger partial charge is 0.231 e. The maximum Gasteiger partial charge on any atom is 0.231 e. The third-order valence-corrected chi connectivity index (χ3v) is 4.80. The van der Waals surface area contributed by atoms with Crippen LogP contribution in [0.1, 0.15) is 0 Å². The second-order valence-corrected chi connectivity index (χ2v) is 6.79. The van der Waals surface area contributed by atoms with E-state index in [4.69, 9.17) is 5.73 Å². The van der Waals surface area contributed by atoms with E-state index in [0.717, 1.165) is 27.7 Å². The first-order chi connectivity index (χ1) is 14.8. The second-order valence-electron chi connectivity index (χ2n) is 6.79. The molecule has 5 N–H and O–H groups in total. The van der Waals surface area contributed by atoms with Gasteiger partial charge in [-0.25, -0.2) is 4.98 Å². The van der Waals surface area contributed by atoms with Crippen LogP contribution < -0.4 is 16.4 Å². The molecule has 3 aromatic heterocycles. The van der Waals surface area contributed by atoms with Gasteiger partial charge in [-0.1, -0.05) is 30.3 Å². The van der Waals surface area contributed by atoms with Crippen molar-refractivity contribution in [3.8, 4) is 11.1 Å². The van der Waals surface area contributed by atoms with Crippen LogP contribution in [-0.2, 0) is 0 Å². The maximum atomic E-state index is 5.62. The second kappa shape index (κ2) is 7.76. The average molecular weight is 396 g/mol. The predicted octanol–water partition coefficient (Wildman–Crippen LogP) is 3.68. The van der Waals surface area contributed by atoms with Crippen molar-refractivity contribution >= 4 is 39.5 Å². The average Bonchev–Trinajstić information content (AvgIpc) is 3.26. The number of aromatic nitrogens is 5. The van der Waals surface area contributed by atoms with Gasteiger partial charge < -0.3 is 21.4 Å². The first-order valence-corrected chi connectivity index (χ1v) is 9.68. The van der Waals surface area contributed by atoms with Gasteiger partial charge in [0.15, 0.2) is 11.5 Å². The van der Waals surface area contributed by atoms with Gasteiger partial charge in [0.1, 0.15) is 5.52 Å². The van der Waals surface area contributed by atoms with Crippen molar-refractivity contribution in [2.24, 2.45) is 5.73 Å². The molecule has 0 spiro atoms. The lowest BCUT2D eigenvalue weighted by molar-refractivity contribution is 1.01. The summed E-state index contributed by atoms with van der Waals surface area (Å²) in [6.45, 7) is 1.10. The van der Waals surface area contributed by atoms with Crippen LogP contribution in [0, 0.1) is 0 Å². The van der Waals surface area contributed by atoms with Gasteiger partial charge in [-0.15, -0.1) is 0 Å². The quantitative estimate of drug-likeness (QED) is 0.346. The molecule has 0 atom stereocenters. The molecular formula is C22H20N8. The zero-order valence-corrected chi connectivity index (χ0v) is 16.1. The predicted molar refractivity (Wildman–Crippen MR) is 120 cm³/mol. The number of imidazole rings is 1. The fourth-order valence-corrected chi connectivity index (χ4v) is 3.43. The van der Waals surface area contributed by atoms with E-state index < -0.39 is 0 Å². The third kappa shape index (κ3) is 3.40. The molecule has 30 heavy (non-hydrogen) atoms. The lowest BCUT2D eigenvalue weighted by Crippen LogP contribution is -2.14. The molecule has 0 unspecified atom stereocenters. The van der Waals surface area contributed by atoms with Crippen LogP contribution in [0.2, 0.25) is 0 Å². The number of nitrogens with two attached hydrogens (primary N) is 1. The Morgan fingerprint density at radius 1 is 0.967 bits per heavy atom. The van der Waals surface area contributed by atoms with Gasteiger partial charge in [0, 0.05) is 30.4 Å². The van der Waals surface area contributed by atoms with E-state index in [1.807, 2.05) is 42.6 Å². The largest absolute Gasteiger partial charge is 0.367 e. The highest BCUT2D eigenvalue weighted by Gasteiger charge is 2.11. The Morgan fingerprint density at radius 2 is 1.87 bits per heavy atom. The highest BCUT2D eigenvalue weighted by molar-refractivity contribution is 5.96. The normalized spacial score (nSPS) is 11.1. The van der Waals surface area contributed by atoms with Crippen molar-refractivity contribution in [2.75, 3.05) is 23.7 Å². The van der Waals surface area contributed by atoms with Gasteiger partial charge in [0.25, 0.3) is 0 Å². The molecule has 8 heteroatoms. The molecular weight excluding hydrogens is 376 g/mol. The monoisotopic (exact) mass is 396 g/mol. The molecule has 5 aromatic rings. The number of aromatic amines is 1. The minimum atomic E-state index is 0.468. The minimum Gasteiger partial charge on any atom is -0.367 e. The molecule has 8 nitrogen and oxygen atoms in total. The van der Waals surface area contributed by atoms with Crippen molar-refractivity contribution in [1.29, 1.82) is 0 Å².